The number of hydrogen-bond acceptors (Lipinski definition) is 9. The van der Waals surface area contributed by atoms with Crippen LogP contribution in [0.1, 0.15) is 46.0 Å². The average molecular weight is 514 g/mol. The van der Waals surface area contributed by atoms with Gasteiger partial charge in [-0.3, -0.25) is 4.79 Å². The van der Waals surface area contributed by atoms with Crippen molar-refractivity contribution in [3.8, 4) is 0 Å². The second kappa shape index (κ2) is 12.2. The molecule has 3 unspecified atom stereocenters. The van der Waals surface area contributed by atoms with Crippen molar-refractivity contribution in [3.05, 3.63) is 12.2 Å². The summed E-state index contributed by atoms with van der Waals surface area (Å²) in [5.41, 5.74) is 5.13. The molecule has 0 aromatic heterocycles. The minimum absolute atomic E-state index is 0.0201. The molecule has 11 atom stereocenters. The summed E-state index contributed by atoms with van der Waals surface area (Å²) in [6.45, 7) is 6.30. The highest BCUT2D eigenvalue weighted by atomic mass is 32.2. The summed E-state index contributed by atoms with van der Waals surface area (Å²) in [6, 6.07) is -1.03. The predicted molar refractivity (Wildman–Crippen MR) is 135 cm³/mol. The van der Waals surface area contributed by atoms with Gasteiger partial charge in [-0.15, -0.1) is 11.8 Å². The maximum absolute atomic E-state index is 13.5. The Kier molecular flexibility index (Phi) is 9.53. The third kappa shape index (κ3) is 6.41. The molecule has 4 aliphatic heterocycles. The highest BCUT2D eigenvalue weighted by molar-refractivity contribution is 8.00. The lowest BCUT2D eigenvalue weighted by Crippen LogP contribution is -2.64. The number of allylic oxidation sites excluding steroid dienone is 1. The Morgan fingerprint density at radius 3 is 2.69 bits per heavy atom. The number of nitrogens with one attached hydrogen (secondary N) is 2. The fraction of sp³-hybridized carbons (Fsp3) is 0.880. The minimum Gasteiger partial charge on any atom is -0.388 e. The number of thioether (sulfide) groups is 1. The number of rotatable bonds is 5. The van der Waals surface area contributed by atoms with Crippen LogP contribution in [0.25, 0.3) is 0 Å². The van der Waals surface area contributed by atoms with Crippen molar-refractivity contribution in [2.45, 2.75) is 99.2 Å². The Bertz CT molecular complexity index is 742. The van der Waals surface area contributed by atoms with Crippen molar-refractivity contribution in [2.75, 3.05) is 19.7 Å². The molecule has 0 saturated carbocycles. The minimum atomic E-state index is -1.37. The number of aliphatic hydroxyl groups excluding tert-OH is 3. The summed E-state index contributed by atoms with van der Waals surface area (Å²) in [7, 11) is 0. The zero-order valence-corrected chi connectivity index (χ0v) is 21.6. The molecular weight excluding hydrogens is 470 g/mol. The first-order valence-electron chi connectivity index (χ1n) is 13.1. The number of fused-ring (bicyclic) bond motifs is 3. The number of amides is 1. The van der Waals surface area contributed by atoms with Gasteiger partial charge in [0.15, 0.2) is 0 Å². The first kappa shape index (κ1) is 27.3. The SMILES string of the molecule is CC(C)C[C@@H]1CCO[C@@H]2[C@H](CN[C@@H]2C(=O)N[C@@H]2C/C=C\C[C@H](CN)SC3O[C@H]2C(O)C(O)[C@H]3O)C1. The van der Waals surface area contributed by atoms with Gasteiger partial charge in [0.05, 0.1) is 12.1 Å². The van der Waals surface area contributed by atoms with E-state index in [0.29, 0.717) is 43.7 Å². The van der Waals surface area contributed by atoms with Crippen LogP contribution in [0.3, 0.4) is 0 Å². The Morgan fingerprint density at radius 1 is 1.17 bits per heavy atom. The van der Waals surface area contributed by atoms with E-state index in [0.717, 1.165) is 19.4 Å². The molecule has 0 spiro atoms. The first-order chi connectivity index (χ1) is 16.8. The van der Waals surface area contributed by atoms with E-state index in [1.54, 1.807) is 0 Å². The number of hydrogen-bond donors (Lipinski definition) is 6. The summed E-state index contributed by atoms with van der Waals surface area (Å²) >= 11 is 1.36. The Morgan fingerprint density at radius 2 is 1.94 bits per heavy atom. The highest BCUT2D eigenvalue weighted by Gasteiger charge is 2.49. The average Bonchev–Trinajstić information content (AvgIpc) is 3.11. The van der Waals surface area contributed by atoms with Crippen molar-refractivity contribution in [1.82, 2.24) is 10.6 Å². The van der Waals surface area contributed by atoms with Crippen molar-refractivity contribution in [2.24, 2.45) is 23.5 Å². The Labute approximate surface area is 212 Å². The van der Waals surface area contributed by atoms with E-state index in [1.807, 2.05) is 12.2 Å². The third-order valence-corrected chi connectivity index (χ3v) is 9.26. The molecular formula is C25H43N3O6S. The second-order valence-corrected chi connectivity index (χ2v) is 12.4. The molecule has 3 saturated heterocycles. The van der Waals surface area contributed by atoms with E-state index >= 15 is 0 Å². The van der Waals surface area contributed by atoms with Gasteiger partial charge in [0.1, 0.15) is 35.9 Å². The molecule has 4 rings (SSSR count). The zero-order chi connectivity index (χ0) is 25.1. The maximum Gasteiger partial charge on any atom is 0.240 e. The summed E-state index contributed by atoms with van der Waals surface area (Å²) in [5, 5.41) is 38.3. The highest BCUT2D eigenvalue weighted by Crippen LogP contribution is 2.36. The van der Waals surface area contributed by atoms with Crippen molar-refractivity contribution in [3.63, 3.8) is 0 Å². The van der Waals surface area contributed by atoms with Crippen LogP contribution in [-0.2, 0) is 14.3 Å². The molecule has 2 bridgehead atoms. The van der Waals surface area contributed by atoms with Gasteiger partial charge in [-0.05, 0) is 49.9 Å². The summed E-state index contributed by atoms with van der Waals surface area (Å²) in [5.74, 6) is 1.37. The molecule has 0 aromatic carbocycles. The lowest BCUT2D eigenvalue weighted by atomic mass is 9.85. The molecule has 7 N–H and O–H groups in total. The monoisotopic (exact) mass is 513 g/mol. The van der Waals surface area contributed by atoms with Gasteiger partial charge in [0.2, 0.25) is 5.91 Å². The number of aliphatic hydroxyl groups is 3. The lowest BCUT2D eigenvalue weighted by molar-refractivity contribution is -0.205. The smallest absolute Gasteiger partial charge is 0.240 e. The van der Waals surface area contributed by atoms with Gasteiger partial charge >= 0.3 is 0 Å². The quantitative estimate of drug-likeness (QED) is 0.282. The zero-order valence-electron chi connectivity index (χ0n) is 20.8. The van der Waals surface area contributed by atoms with Crippen molar-refractivity contribution in [1.29, 1.82) is 0 Å². The largest absolute Gasteiger partial charge is 0.388 e. The van der Waals surface area contributed by atoms with Crippen LogP contribution in [-0.4, -0.2) is 94.2 Å². The molecule has 0 radical (unpaired) electrons. The van der Waals surface area contributed by atoms with E-state index in [1.165, 1.54) is 18.2 Å². The molecule has 0 aliphatic carbocycles. The van der Waals surface area contributed by atoms with Crippen molar-refractivity contribution < 1.29 is 29.6 Å². The van der Waals surface area contributed by atoms with Gasteiger partial charge in [0.25, 0.3) is 0 Å². The molecule has 4 heterocycles. The van der Waals surface area contributed by atoms with Gasteiger partial charge in [-0.1, -0.05) is 26.0 Å². The van der Waals surface area contributed by atoms with Crippen LogP contribution in [0.5, 0.6) is 0 Å². The van der Waals surface area contributed by atoms with Crippen LogP contribution in [0.15, 0.2) is 12.2 Å². The standard InChI is InChI=1S/C25H43N3O6S/c1-13(2)9-14-7-8-33-22-15(10-14)12-27-18(22)24(32)28-17-6-4-3-5-16(11-26)35-25-21(31)19(29)20(30)23(17)34-25/h3-4,13-23,25,27,29-31H,5-12,26H2,1-2H3,(H,28,32)/b4-3-/t14-,15-,16+,17+,18-,19?,20?,21+,22+,23+,25?/m0/s1. The van der Waals surface area contributed by atoms with Crippen molar-refractivity contribution >= 4 is 17.7 Å². The number of carbonyl (C=O) groups is 1. The second-order valence-electron chi connectivity index (χ2n) is 11.0. The van der Waals surface area contributed by atoms with Gasteiger partial charge in [0, 0.05) is 24.9 Å². The van der Waals surface area contributed by atoms with E-state index in [9.17, 15) is 20.1 Å². The van der Waals surface area contributed by atoms with Gasteiger partial charge in [-0.2, -0.15) is 0 Å². The number of ether oxygens (including phenoxy) is 2. The fourth-order valence-electron chi connectivity index (χ4n) is 6.03. The van der Waals surface area contributed by atoms with Crippen LogP contribution < -0.4 is 16.4 Å². The molecule has 9 nitrogen and oxygen atoms in total. The van der Waals surface area contributed by atoms with Gasteiger partial charge < -0.3 is 41.2 Å². The molecule has 200 valence electrons. The Hall–Kier alpha value is -0.720. The first-order valence-corrected chi connectivity index (χ1v) is 14.1. The van der Waals surface area contributed by atoms with E-state index in [-0.39, 0.29) is 17.3 Å². The molecule has 1 amide bonds. The number of nitrogens with two attached hydrogens (primary N) is 1. The lowest BCUT2D eigenvalue weighted by Gasteiger charge is -2.44. The molecule has 10 heteroatoms. The van der Waals surface area contributed by atoms with Crippen LogP contribution >= 0.6 is 11.8 Å². The van der Waals surface area contributed by atoms with E-state index in [4.69, 9.17) is 15.2 Å². The van der Waals surface area contributed by atoms with Crippen LogP contribution in [0.2, 0.25) is 0 Å². The molecule has 3 fully saturated rings. The molecule has 35 heavy (non-hydrogen) atoms. The van der Waals surface area contributed by atoms with Gasteiger partial charge in [-0.25, -0.2) is 0 Å². The predicted octanol–water partition coefficient (Wildman–Crippen LogP) is 0.119. The fourth-order valence-corrected chi connectivity index (χ4v) is 7.25. The molecule has 4 aliphatic rings. The van der Waals surface area contributed by atoms with E-state index in [2.05, 4.69) is 24.5 Å². The summed E-state index contributed by atoms with van der Waals surface area (Å²) in [4.78, 5) is 13.5. The normalized spacial score (nSPS) is 45.4. The van der Waals surface area contributed by atoms with Crippen LogP contribution in [0.4, 0.5) is 0 Å². The third-order valence-electron chi connectivity index (χ3n) is 7.83. The summed E-state index contributed by atoms with van der Waals surface area (Å²) in [6.07, 6.45) is 3.39. The van der Waals surface area contributed by atoms with E-state index < -0.39 is 41.9 Å². The number of carbonyl (C=O) groups excluding carboxylic acids is 1. The molecule has 0 aromatic rings. The van der Waals surface area contributed by atoms with Crippen LogP contribution in [0, 0.1) is 17.8 Å². The topological polar surface area (TPSA) is 146 Å². The maximum atomic E-state index is 13.5. The Balaban J connectivity index is 1.46. The summed E-state index contributed by atoms with van der Waals surface area (Å²) < 4.78 is 12.3.